The van der Waals surface area contributed by atoms with Gasteiger partial charge < -0.3 is 19.8 Å². The van der Waals surface area contributed by atoms with E-state index >= 15 is 0 Å². The fraction of sp³-hybridized carbons (Fsp3) is 0.286. The molecule has 0 aliphatic heterocycles. The molecule has 4 rings (SSSR count). The van der Waals surface area contributed by atoms with E-state index in [1.165, 1.54) is 6.07 Å². The lowest BCUT2D eigenvalue weighted by Crippen LogP contribution is -2.34. The Kier molecular flexibility index (Phi) is 6.34. The molecule has 10 nitrogen and oxygen atoms in total. The Hall–Kier alpha value is -4.16. The van der Waals surface area contributed by atoms with E-state index in [0.717, 1.165) is 42.0 Å². The van der Waals surface area contributed by atoms with E-state index in [1.807, 2.05) is 0 Å². The first-order chi connectivity index (χ1) is 16.2. The maximum absolute atomic E-state index is 14.4. The lowest BCUT2D eigenvalue weighted by atomic mass is 10.1. The number of halogens is 3. The smallest absolute Gasteiger partial charge is 0.312 e. The van der Waals surface area contributed by atoms with Crippen LogP contribution in [-0.2, 0) is 17.9 Å². The number of benzene rings is 2. The number of anilines is 1. The molecule has 1 saturated carbocycles. The summed E-state index contributed by atoms with van der Waals surface area (Å²) < 4.78 is 53.0. The molecule has 3 aromatic rings. The van der Waals surface area contributed by atoms with Crippen LogP contribution in [0.4, 0.5) is 24.9 Å². The quantitative estimate of drug-likeness (QED) is 0.365. The normalized spacial score (nSPS) is 13.0. The average Bonchev–Trinajstić information content (AvgIpc) is 3.52. The predicted molar refractivity (Wildman–Crippen MR) is 110 cm³/mol. The van der Waals surface area contributed by atoms with Crippen LogP contribution in [-0.4, -0.2) is 32.5 Å². The minimum absolute atomic E-state index is 0.0260. The molecule has 1 aliphatic rings. The van der Waals surface area contributed by atoms with Gasteiger partial charge in [0.1, 0.15) is 23.2 Å². The van der Waals surface area contributed by atoms with Crippen molar-refractivity contribution in [2.24, 2.45) is 0 Å². The first-order valence-electron chi connectivity index (χ1n) is 10.1. The summed E-state index contributed by atoms with van der Waals surface area (Å²) in [7, 11) is 0. The van der Waals surface area contributed by atoms with E-state index in [2.05, 4.69) is 10.2 Å². The molecule has 2 N–H and O–H groups in total. The zero-order chi connectivity index (χ0) is 24.4. The molecule has 1 fully saturated rings. The summed E-state index contributed by atoms with van der Waals surface area (Å²) in [5, 5.41) is 18.0. The van der Waals surface area contributed by atoms with Gasteiger partial charge in [0.2, 0.25) is 5.89 Å². The van der Waals surface area contributed by atoms with Gasteiger partial charge in [-0.2, -0.15) is 0 Å². The second kappa shape index (κ2) is 9.37. The lowest BCUT2D eigenvalue weighted by Gasteiger charge is -2.22. The van der Waals surface area contributed by atoms with Crippen molar-refractivity contribution in [3.63, 3.8) is 0 Å². The maximum Gasteiger partial charge on any atom is 0.312 e. The van der Waals surface area contributed by atoms with E-state index in [4.69, 9.17) is 14.9 Å². The topological polar surface area (TPSA) is 138 Å². The standard InChI is InChI=1S/C21H18F3N5O5/c22-13-5-16(24)20(11-1-2-11)17(6-13)33-10-19(30)28(9-18-26-27-21(25)34-18)8-12-3-4-14(29(31)32)7-15(12)23/h3-7,11H,1-2,8-10H2,(H2,25,27). The van der Waals surface area contributed by atoms with Crippen molar-refractivity contribution >= 4 is 17.6 Å². The van der Waals surface area contributed by atoms with Crippen molar-refractivity contribution in [1.82, 2.24) is 15.1 Å². The van der Waals surface area contributed by atoms with E-state index < -0.39 is 40.6 Å². The first kappa shape index (κ1) is 23.0. The Morgan fingerprint density at radius 2 is 1.94 bits per heavy atom. The molecule has 2 aromatic carbocycles. The van der Waals surface area contributed by atoms with Gasteiger partial charge in [0.15, 0.2) is 6.61 Å². The molecule has 13 heteroatoms. The Labute approximate surface area is 190 Å². The highest BCUT2D eigenvalue weighted by atomic mass is 19.1. The van der Waals surface area contributed by atoms with Crippen molar-refractivity contribution in [3.8, 4) is 5.75 Å². The number of non-ortho nitro benzene ring substituents is 1. The number of nitro groups is 1. The van der Waals surface area contributed by atoms with Gasteiger partial charge in [0.25, 0.3) is 11.6 Å². The molecule has 0 spiro atoms. The summed E-state index contributed by atoms with van der Waals surface area (Å²) in [6, 6.07) is 4.51. The number of hydrogen-bond donors (Lipinski definition) is 1. The zero-order valence-corrected chi connectivity index (χ0v) is 17.5. The third-order valence-corrected chi connectivity index (χ3v) is 5.16. The number of carbonyl (C=O) groups excluding carboxylic acids is 1. The van der Waals surface area contributed by atoms with Crippen LogP contribution in [0.3, 0.4) is 0 Å². The average molecular weight is 477 g/mol. The summed E-state index contributed by atoms with van der Waals surface area (Å²) in [6.45, 7) is -1.24. The van der Waals surface area contributed by atoms with Crippen LogP contribution < -0.4 is 10.5 Å². The highest BCUT2D eigenvalue weighted by molar-refractivity contribution is 5.77. The lowest BCUT2D eigenvalue weighted by molar-refractivity contribution is -0.385. The summed E-state index contributed by atoms with van der Waals surface area (Å²) in [5.74, 6) is -3.45. The number of hydrogen-bond acceptors (Lipinski definition) is 8. The number of nitro benzene ring substituents is 1. The fourth-order valence-corrected chi connectivity index (χ4v) is 3.39. The van der Waals surface area contributed by atoms with Gasteiger partial charge in [-0.3, -0.25) is 14.9 Å². The molecule has 0 radical (unpaired) electrons. The molecule has 34 heavy (non-hydrogen) atoms. The monoisotopic (exact) mass is 477 g/mol. The van der Waals surface area contributed by atoms with Gasteiger partial charge in [-0.15, -0.1) is 5.10 Å². The molecule has 0 unspecified atom stereocenters. The summed E-state index contributed by atoms with van der Waals surface area (Å²) in [6.07, 6.45) is 1.44. The summed E-state index contributed by atoms with van der Waals surface area (Å²) in [4.78, 5) is 24.1. The minimum Gasteiger partial charge on any atom is -0.483 e. The maximum atomic E-state index is 14.4. The molecular formula is C21H18F3N5O5. The number of aromatic nitrogens is 2. The Morgan fingerprint density at radius 3 is 2.56 bits per heavy atom. The van der Waals surface area contributed by atoms with Crippen LogP contribution in [0.5, 0.6) is 5.75 Å². The molecule has 1 amide bonds. The number of nitrogens with zero attached hydrogens (tertiary/aromatic N) is 4. The van der Waals surface area contributed by atoms with Gasteiger partial charge in [0.05, 0.1) is 17.5 Å². The number of nitrogens with two attached hydrogens (primary N) is 1. The second-order valence-electron chi connectivity index (χ2n) is 7.68. The third kappa shape index (κ3) is 5.24. The summed E-state index contributed by atoms with van der Waals surface area (Å²) in [5.41, 5.74) is 5.13. The van der Waals surface area contributed by atoms with Gasteiger partial charge in [0, 0.05) is 35.9 Å². The Balaban J connectivity index is 1.54. The number of carbonyl (C=O) groups is 1. The molecule has 1 aromatic heterocycles. The molecule has 178 valence electrons. The Bertz CT molecular complexity index is 1250. The third-order valence-electron chi connectivity index (χ3n) is 5.16. The molecular weight excluding hydrogens is 459 g/mol. The van der Waals surface area contributed by atoms with E-state index in [-0.39, 0.29) is 47.8 Å². The molecule has 0 saturated heterocycles. The van der Waals surface area contributed by atoms with Crippen molar-refractivity contribution in [3.05, 3.63) is 74.9 Å². The molecule has 0 atom stereocenters. The van der Waals surface area contributed by atoms with E-state index in [9.17, 15) is 28.1 Å². The SMILES string of the molecule is Nc1nnc(CN(Cc2ccc([N+](=O)[O-])cc2F)C(=O)COc2cc(F)cc(F)c2C2CC2)o1. The van der Waals surface area contributed by atoms with Gasteiger partial charge in [-0.05, 0) is 24.8 Å². The van der Waals surface area contributed by atoms with E-state index in [0.29, 0.717) is 0 Å². The van der Waals surface area contributed by atoms with Crippen molar-refractivity contribution in [2.45, 2.75) is 31.8 Å². The highest BCUT2D eigenvalue weighted by Crippen LogP contribution is 2.45. The van der Waals surface area contributed by atoms with Crippen molar-refractivity contribution < 1.29 is 32.0 Å². The predicted octanol–water partition coefficient (Wildman–Crippen LogP) is 3.46. The van der Waals surface area contributed by atoms with Crippen molar-refractivity contribution in [2.75, 3.05) is 12.3 Å². The van der Waals surface area contributed by atoms with Gasteiger partial charge in [-0.25, -0.2) is 13.2 Å². The fourth-order valence-electron chi connectivity index (χ4n) is 3.39. The van der Waals surface area contributed by atoms with Crippen LogP contribution in [0, 0.1) is 27.6 Å². The molecule has 1 heterocycles. The van der Waals surface area contributed by atoms with Crippen LogP contribution in [0.1, 0.15) is 35.8 Å². The molecule has 1 aliphatic carbocycles. The number of nitrogen functional groups attached to an aromatic ring is 1. The zero-order valence-electron chi connectivity index (χ0n) is 17.5. The first-order valence-corrected chi connectivity index (χ1v) is 10.1. The second-order valence-corrected chi connectivity index (χ2v) is 7.68. The summed E-state index contributed by atoms with van der Waals surface area (Å²) >= 11 is 0. The number of amides is 1. The van der Waals surface area contributed by atoms with E-state index in [1.54, 1.807) is 0 Å². The van der Waals surface area contributed by atoms with Crippen LogP contribution >= 0.6 is 0 Å². The highest BCUT2D eigenvalue weighted by Gasteiger charge is 2.31. The van der Waals surface area contributed by atoms with Crippen molar-refractivity contribution in [1.29, 1.82) is 0 Å². The largest absolute Gasteiger partial charge is 0.483 e. The Morgan fingerprint density at radius 1 is 1.18 bits per heavy atom. The van der Waals surface area contributed by atoms with Crippen LogP contribution in [0.25, 0.3) is 0 Å². The number of rotatable bonds is 9. The van der Waals surface area contributed by atoms with Crippen LogP contribution in [0.15, 0.2) is 34.7 Å². The van der Waals surface area contributed by atoms with Crippen LogP contribution in [0.2, 0.25) is 0 Å². The molecule has 0 bridgehead atoms. The van der Waals surface area contributed by atoms with Gasteiger partial charge in [-0.1, -0.05) is 5.10 Å². The number of ether oxygens (including phenoxy) is 1. The van der Waals surface area contributed by atoms with Gasteiger partial charge >= 0.3 is 6.01 Å². The minimum atomic E-state index is -0.902.